The number of thioether (sulfide) groups is 1. The Bertz CT molecular complexity index is 883. The van der Waals surface area contributed by atoms with Gasteiger partial charge in [-0.2, -0.15) is 17.0 Å². The quantitative estimate of drug-likeness (QED) is 0.885. The second-order valence-corrected chi connectivity index (χ2v) is 8.30. The standard InChI is InChI=1S/C19H19N3OS2/c1-19(9-16(21)22(2)18(23)17(19)24-3)15-8-14(11-25-15)13-6-4-5-12(7-13)10-20/h4-8,11,17,21H,9H2,1-3H3/t17?,19-/m1/s1. The lowest BCUT2D eigenvalue weighted by Crippen LogP contribution is -2.55. The molecule has 3 rings (SSSR count). The molecule has 1 saturated heterocycles. The predicted octanol–water partition coefficient (Wildman–Crippen LogP) is 4.12. The molecular weight excluding hydrogens is 350 g/mol. The maximum Gasteiger partial charge on any atom is 0.241 e. The van der Waals surface area contributed by atoms with Crippen molar-refractivity contribution in [3.05, 3.63) is 46.2 Å². The number of carbonyl (C=O) groups is 1. The number of amides is 1. The van der Waals surface area contributed by atoms with Crippen LogP contribution in [0.1, 0.15) is 23.8 Å². The van der Waals surface area contributed by atoms with Crippen molar-refractivity contribution in [1.29, 1.82) is 10.7 Å². The normalized spacial score (nSPS) is 23.6. The van der Waals surface area contributed by atoms with Gasteiger partial charge in [-0.15, -0.1) is 11.3 Å². The van der Waals surface area contributed by atoms with Gasteiger partial charge in [0.1, 0.15) is 5.84 Å². The summed E-state index contributed by atoms with van der Waals surface area (Å²) in [4.78, 5) is 15.2. The summed E-state index contributed by atoms with van der Waals surface area (Å²) in [7, 11) is 1.68. The zero-order chi connectivity index (χ0) is 18.2. The minimum atomic E-state index is -0.393. The van der Waals surface area contributed by atoms with Crippen molar-refractivity contribution in [1.82, 2.24) is 4.90 Å². The molecule has 1 aliphatic heterocycles. The zero-order valence-electron chi connectivity index (χ0n) is 14.4. The topological polar surface area (TPSA) is 68.0 Å². The van der Waals surface area contributed by atoms with Crippen LogP contribution in [0.25, 0.3) is 11.1 Å². The molecule has 0 radical (unpaired) electrons. The summed E-state index contributed by atoms with van der Waals surface area (Å²) in [6, 6.07) is 11.8. The number of hydrogen-bond acceptors (Lipinski definition) is 5. The highest BCUT2D eigenvalue weighted by atomic mass is 32.2. The smallest absolute Gasteiger partial charge is 0.241 e. The largest absolute Gasteiger partial charge is 0.303 e. The molecule has 0 aliphatic carbocycles. The summed E-state index contributed by atoms with van der Waals surface area (Å²) in [6.45, 7) is 2.08. The van der Waals surface area contributed by atoms with Crippen molar-refractivity contribution < 1.29 is 4.79 Å². The first-order chi connectivity index (χ1) is 11.9. The summed E-state index contributed by atoms with van der Waals surface area (Å²) in [5.74, 6) is 0.354. The van der Waals surface area contributed by atoms with Crippen LogP contribution < -0.4 is 0 Å². The van der Waals surface area contributed by atoms with Crippen LogP contribution in [0.2, 0.25) is 0 Å². The summed E-state index contributed by atoms with van der Waals surface area (Å²) in [6.07, 6.45) is 2.49. The molecule has 25 heavy (non-hydrogen) atoms. The van der Waals surface area contributed by atoms with Gasteiger partial charge in [0.2, 0.25) is 5.91 Å². The minimum absolute atomic E-state index is 0.00678. The number of thiophene rings is 1. The van der Waals surface area contributed by atoms with Crippen molar-refractivity contribution in [2.24, 2.45) is 0 Å². The molecule has 0 spiro atoms. The molecule has 2 heterocycles. The second-order valence-electron chi connectivity index (χ2n) is 6.45. The summed E-state index contributed by atoms with van der Waals surface area (Å²) in [5.41, 5.74) is 2.29. The van der Waals surface area contributed by atoms with Crippen molar-refractivity contribution >= 4 is 34.8 Å². The number of benzene rings is 1. The average Bonchev–Trinajstić information content (AvgIpc) is 3.11. The van der Waals surface area contributed by atoms with Crippen LogP contribution in [0.15, 0.2) is 35.7 Å². The molecule has 1 aliphatic rings. The van der Waals surface area contributed by atoms with E-state index in [1.54, 1.807) is 36.2 Å². The molecule has 2 aromatic rings. The summed E-state index contributed by atoms with van der Waals surface area (Å²) < 4.78 is 0. The van der Waals surface area contributed by atoms with Gasteiger partial charge in [-0.3, -0.25) is 10.2 Å². The Kier molecular flexibility index (Phi) is 4.72. The second kappa shape index (κ2) is 6.66. The van der Waals surface area contributed by atoms with Crippen LogP contribution in [0, 0.1) is 16.7 Å². The van der Waals surface area contributed by atoms with Gasteiger partial charge in [-0.1, -0.05) is 19.1 Å². The van der Waals surface area contributed by atoms with Gasteiger partial charge in [-0.05, 0) is 41.0 Å². The number of piperidine rings is 1. The third-order valence-electron chi connectivity index (χ3n) is 4.80. The zero-order valence-corrected chi connectivity index (χ0v) is 16.0. The van der Waals surface area contributed by atoms with Gasteiger partial charge in [0.15, 0.2) is 0 Å². The SMILES string of the molecule is CSC1C(=O)N(C)C(=N)C[C@]1(C)c1cc(-c2cccc(C#N)c2)cs1. The summed E-state index contributed by atoms with van der Waals surface area (Å²) in [5, 5.41) is 19.1. The first-order valence-corrected chi connectivity index (χ1v) is 10.0. The number of nitriles is 1. The van der Waals surface area contributed by atoms with Gasteiger partial charge < -0.3 is 4.90 Å². The van der Waals surface area contributed by atoms with E-state index in [9.17, 15) is 4.79 Å². The van der Waals surface area contributed by atoms with E-state index in [1.165, 1.54) is 4.90 Å². The monoisotopic (exact) mass is 369 g/mol. The van der Waals surface area contributed by atoms with E-state index in [0.717, 1.165) is 16.0 Å². The van der Waals surface area contributed by atoms with E-state index in [4.69, 9.17) is 10.7 Å². The Morgan fingerprint density at radius 2 is 2.16 bits per heavy atom. The van der Waals surface area contributed by atoms with Gasteiger partial charge >= 0.3 is 0 Å². The van der Waals surface area contributed by atoms with E-state index >= 15 is 0 Å². The fourth-order valence-electron chi connectivity index (χ4n) is 3.27. The van der Waals surface area contributed by atoms with E-state index < -0.39 is 5.41 Å². The van der Waals surface area contributed by atoms with E-state index in [2.05, 4.69) is 24.4 Å². The molecule has 1 amide bonds. The predicted molar refractivity (Wildman–Crippen MR) is 104 cm³/mol. The van der Waals surface area contributed by atoms with E-state index in [0.29, 0.717) is 17.8 Å². The molecule has 128 valence electrons. The number of likely N-dealkylation sites (tertiary alicyclic amines) is 1. The van der Waals surface area contributed by atoms with Crippen molar-refractivity contribution in [2.75, 3.05) is 13.3 Å². The molecule has 1 aromatic carbocycles. The molecule has 0 bridgehead atoms. The van der Waals surface area contributed by atoms with E-state index in [1.807, 2.05) is 24.5 Å². The van der Waals surface area contributed by atoms with Gasteiger partial charge in [0, 0.05) is 23.8 Å². The highest BCUT2D eigenvalue weighted by molar-refractivity contribution is 8.00. The molecule has 1 unspecified atom stereocenters. The van der Waals surface area contributed by atoms with Crippen LogP contribution >= 0.6 is 23.1 Å². The Morgan fingerprint density at radius 1 is 1.40 bits per heavy atom. The number of amidine groups is 1. The fraction of sp³-hybridized carbons (Fsp3) is 0.316. The van der Waals surface area contributed by atoms with Crippen LogP contribution in [0.3, 0.4) is 0 Å². The van der Waals surface area contributed by atoms with Crippen molar-refractivity contribution in [3.8, 4) is 17.2 Å². The molecule has 0 saturated carbocycles. The lowest BCUT2D eigenvalue weighted by molar-refractivity contribution is -0.128. The Morgan fingerprint density at radius 3 is 2.84 bits per heavy atom. The molecular formula is C19H19N3OS2. The number of nitrogens with zero attached hydrogens (tertiary/aromatic N) is 2. The first-order valence-electron chi connectivity index (χ1n) is 7.88. The van der Waals surface area contributed by atoms with Crippen molar-refractivity contribution in [2.45, 2.75) is 24.0 Å². The third-order valence-corrected chi connectivity index (χ3v) is 7.20. The van der Waals surface area contributed by atoms with Crippen molar-refractivity contribution in [3.63, 3.8) is 0 Å². The van der Waals surface area contributed by atoms with E-state index in [-0.39, 0.29) is 11.2 Å². The van der Waals surface area contributed by atoms with Crippen LogP contribution in [-0.4, -0.2) is 35.2 Å². The molecule has 4 nitrogen and oxygen atoms in total. The van der Waals surface area contributed by atoms with Crippen LogP contribution in [0.5, 0.6) is 0 Å². The van der Waals surface area contributed by atoms with Gasteiger partial charge in [0.25, 0.3) is 0 Å². The molecule has 1 aromatic heterocycles. The van der Waals surface area contributed by atoms with Gasteiger partial charge in [-0.25, -0.2) is 0 Å². The lowest BCUT2D eigenvalue weighted by Gasteiger charge is -2.42. The number of carbonyl (C=O) groups excluding carboxylic acids is 1. The number of hydrogen-bond donors (Lipinski definition) is 1. The van der Waals surface area contributed by atoms with Crippen LogP contribution in [-0.2, 0) is 10.2 Å². The Balaban J connectivity index is 2.01. The maximum atomic E-state index is 12.6. The van der Waals surface area contributed by atoms with Gasteiger partial charge in [0.05, 0.1) is 16.9 Å². The highest BCUT2D eigenvalue weighted by Gasteiger charge is 2.48. The molecule has 2 atom stereocenters. The molecule has 1 N–H and O–H groups in total. The van der Waals surface area contributed by atoms with Crippen LogP contribution in [0.4, 0.5) is 0 Å². The average molecular weight is 370 g/mol. The first kappa shape index (κ1) is 17.7. The molecule has 6 heteroatoms. The number of rotatable bonds is 3. The number of nitrogens with one attached hydrogen (secondary N) is 1. The lowest BCUT2D eigenvalue weighted by atomic mass is 9.77. The molecule has 1 fully saturated rings. The Labute approximate surface area is 156 Å². The highest BCUT2D eigenvalue weighted by Crippen LogP contribution is 2.45. The third kappa shape index (κ3) is 2.99. The maximum absolute atomic E-state index is 12.6. The fourth-order valence-corrected chi connectivity index (χ4v) is 5.55. The minimum Gasteiger partial charge on any atom is -0.303 e. The Hall–Kier alpha value is -2.10. The summed E-state index contributed by atoms with van der Waals surface area (Å²) >= 11 is 3.17.